The topological polar surface area (TPSA) is 133 Å². The smallest absolute Gasteiger partial charge is 0.535 e. The zero-order valence-electron chi connectivity index (χ0n) is 11.5. The summed E-state index contributed by atoms with van der Waals surface area (Å²) < 4.78 is 26.5. The number of anilines is 1. The van der Waals surface area contributed by atoms with Crippen molar-refractivity contribution >= 4 is 38.3 Å². The maximum absolute atomic E-state index is 11.9. The van der Waals surface area contributed by atoms with Crippen LogP contribution in [0.4, 0.5) is 5.13 Å². The number of carbonyl (C=O) groups excluding carboxylic acids is 2. The molecule has 2 heterocycles. The van der Waals surface area contributed by atoms with Gasteiger partial charge in [-0.25, -0.2) is 8.42 Å². The molecule has 0 saturated heterocycles. The van der Waals surface area contributed by atoms with Crippen LogP contribution in [0.1, 0.15) is 17.3 Å². The maximum Gasteiger partial charge on any atom is 1.00 e. The average molecular weight is 349 g/mol. The number of aromatic nitrogens is 3. The Hall–Kier alpha value is -1.40. The van der Waals surface area contributed by atoms with E-state index in [4.69, 9.17) is 0 Å². The van der Waals surface area contributed by atoms with Gasteiger partial charge in [0.25, 0.3) is 0 Å². The molecule has 0 fully saturated rings. The molecular weight excluding hydrogens is 341 g/mol. The van der Waals surface area contributed by atoms with Crippen molar-refractivity contribution in [1.82, 2.24) is 15.2 Å². The number of hydrogen-bond donors (Lipinski definition) is 1. The van der Waals surface area contributed by atoms with Gasteiger partial charge in [0.2, 0.25) is 15.4 Å². The van der Waals surface area contributed by atoms with Crippen molar-refractivity contribution in [3.05, 3.63) is 34.8 Å². The second-order valence-electron chi connectivity index (χ2n) is 3.66. The molecule has 0 aromatic carbocycles. The minimum Gasteiger partial charge on any atom is -0.535 e. The van der Waals surface area contributed by atoms with Gasteiger partial charge in [0.15, 0.2) is 10.0 Å². The molecule has 0 unspecified atom stereocenters. The van der Waals surface area contributed by atoms with E-state index in [1.54, 1.807) is 0 Å². The Bertz CT molecular complexity index is 778. The first kappa shape index (κ1) is 18.6. The number of rotatable bonds is 4. The first-order valence-electron chi connectivity index (χ1n) is 5.42. The van der Waals surface area contributed by atoms with Crippen molar-refractivity contribution in [1.29, 1.82) is 0 Å². The molecule has 2 aromatic rings. The third-order valence-electron chi connectivity index (χ3n) is 2.04. The molecule has 0 bridgehead atoms. The molecule has 2 rings (SSSR count). The van der Waals surface area contributed by atoms with Crippen molar-refractivity contribution in [3.63, 3.8) is 0 Å². The van der Waals surface area contributed by atoms with Gasteiger partial charge in [0.1, 0.15) is 0 Å². The molecule has 0 saturated carbocycles. The van der Waals surface area contributed by atoms with E-state index >= 15 is 0 Å². The van der Waals surface area contributed by atoms with Crippen LogP contribution in [0, 0.1) is 0 Å². The summed E-state index contributed by atoms with van der Waals surface area (Å²) in [6.45, 7) is 1.24. The summed E-state index contributed by atoms with van der Waals surface area (Å²) in [5.74, 6) is -1.35. The van der Waals surface area contributed by atoms with Crippen molar-refractivity contribution in [2.45, 2.75) is 11.3 Å². The number of pyridine rings is 1. The van der Waals surface area contributed by atoms with Crippen LogP contribution < -0.4 is 34.9 Å². The first-order chi connectivity index (χ1) is 9.88. The van der Waals surface area contributed by atoms with E-state index in [2.05, 4.69) is 25.2 Å². The number of carbonyl (C=O) groups is 2. The number of nitrogens with one attached hydrogen (secondary N) is 1. The van der Waals surface area contributed by atoms with Gasteiger partial charge in [-0.1, -0.05) is 11.3 Å². The van der Waals surface area contributed by atoms with Crippen LogP contribution in [-0.4, -0.2) is 35.4 Å². The molecule has 2 amide bonds. The molecule has 0 aliphatic carbocycles. The summed E-state index contributed by atoms with van der Waals surface area (Å²) in [7, 11) is -4.27. The van der Waals surface area contributed by atoms with Gasteiger partial charge in [-0.15, -0.1) is 10.2 Å². The Morgan fingerprint density at radius 2 is 1.86 bits per heavy atom. The molecule has 110 valence electrons. The molecule has 0 atom stereocenters. The third kappa shape index (κ3) is 4.81. The monoisotopic (exact) mass is 349 g/mol. The van der Waals surface area contributed by atoms with Crippen LogP contribution in [0.3, 0.4) is 0 Å². The van der Waals surface area contributed by atoms with Gasteiger partial charge in [0.05, 0.1) is 5.91 Å². The Kier molecular flexibility index (Phi) is 6.56. The van der Waals surface area contributed by atoms with Gasteiger partial charge in [-0.3, -0.25) is 9.78 Å². The second-order valence-corrected chi connectivity index (χ2v) is 6.42. The molecule has 22 heavy (non-hydrogen) atoms. The molecule has 1 N–H and O–H groups in total. The molecule has 0 aliphatic rings. The van der Waals surface area contributed by atoms with Crippen LogP contribution >= 0.6 is 11.3 Å². The minimum atomic E-state index is -4.27. The summed E-state index contributed by atoms with van der Waals surface area (Å²) in [6, 6.07) is 2.67. The van der Waals surface area contributed by atoms with E-state index in [9.17, 15) is 18.0 Å². The predicted molar refractivity (Wildman–Crippen MR) is 73.3 cm³/mol. The quantitative estimate of drug-likeness (QED) is 0.489. The standard InChI is InChI=1S/C10H9N5O4S2.Na/c1-6(16)12-9-13-14-10(20-9)21(18,19)15-8(17)7-2-4-11-5-3-7;/h2-5H,1H3,(H2,12,13,15,16,17);/q;+1/p-1. The molecule has 0 aliphatic heterocycles. The van der Waals surface area contributed by atoms with Crippen LogP contribution in [0.2, 0.25) is 0 Å². The van der Waals surface area contributed by atoms with E-state index in [0.717, 1.165) is 0 Å². The SMILES string of the molecule is CC(=O)Nc1nnc(S(=O)(=O)[N-]C(=O)c2ccncc2)s1.[Na+]. The molecule has 0 spiro atoms. The fraction of sp³-hybridized carbons (Fsp3) is 0.100. The van der Waals surface area contributed by atoms with E-state index in [1.165, 1.54) is 31.5 Å². The summed E-state index contributed by atoms with van der Waals surface area (Å²) in [6.07, 6.45) is 2.68. The largest absolute Gasteiger partial charge is 1.00 e. The van der Waals surface area contributed by atoms with E-state index in [0.29, 0.717) is 11.3 Å². The molecule has 2 aromatic heterocycles. The fourth-order valence-electron chi connectivity index (χ4n) is 1.21. The molecule has 0 radical (unpaired) electrons. The van der Waals surface area contributed by atoms with Crippen LogP contribution in [0.5, 0.6) is 0 Å². The van der Waals surface area contributed by atoms with Crippen LogP contribution in [0.15, 0.2) is 28.9 Å². The van der Waals surface area contributed by atoms with Crippen molar-refractivity contribution in [2.24, 2.45) is 0 Å². The van der Waals surface area contributed by atoms with Crippen molar-refractivity contribution in [2.75, 3.05) is 5.32 Å². The van der Waals surface area contributed by atoms with Gasteiger partial charge in [-0.05, 0) is 12.1 Å². The van der Waals surface area contributed by atoms with E-state index < -0.39 is 26.2 Å². The van der Waals surface area contributed by atoms with Gasteiger partial charge >= 0.3 is 29.6 Å². The normalized spacial score (nSPS) is 10.4. The predicted octanol–water partition coefficient (Wildman–Crippen LogP) is -2.20. The summed E-state index contributed by atoms with van der Waals surface area (Å²) in [4.78, 5) is 26.3. The summed E-state index contributed by atoms with van der Waals surface area (Å²) in [5.41, 5.74) is 0.0835. The summed E-state index contributed by atoms with van der Waals surface area (Å²) in [5, 5.41) is 9.17. The zero-order chi connectivity index (χ0) is 15.5. The number of amides is 2. The number of sulfonamides is 1. The van der Waals surface area contributed by atoms with Gasteiger partial charge in [-0.2, -0.15) is 0 Å². The Labute approximate surface area is 151 Å². The molecule has 9 nitrogen and oxygen atoms in total. The fourth-order valence-corrected chi connectivity index (χ4v) is 3.05. The van der Waals surface area contributed by atoms with Gasteiger partial charge in [0, 0.05) is 24.9 Å². The van der Waals surface area contributed by atoms with Crippen molar-refractivity contribution in [3.8, 4) is 0 Å². The Morgan fingerprint density at radius 1 is 1.23 bits per heavy atom. The zero-order valence-corrected chi connectivity index (χ0v) is 15.2. The average Bonchev–Trinajstić information content (AvgIpc) is 2.88. The molecule has 12 heteroatoms. The second kappa shape index (κ2) is 7.74. The van der Waals surface area contributed by atoms with E-state index in [1.807, 2.05) is 0 Å². The van der Waals surface area contributed by atoms with Crippen LogP contribution in [0.25, 0.3) is 4.72 Å². The van der Waals surface area contributed by atoms with Crippen LogP contribution in [-0.2, 0) is 14.8 Å². The number of hydrogen-bond acceptors (Lipinski definition) is 8. The molecular formula is C10H8N5NaO4S2. The van der Waals surface area contributed by atoms with Gasteiger partial charge < -0.3 is 14.8 Å². The first-order valence-corrected chi connectivity index (χ1v) is 7.67. The van der Waals surface area contributed by atoms with E-state index in [-0.39, 0.29) is 40.3 Å². The summed E-state index contributed by atoms with van der Waals surface area (Å²) >= 11 is 0.605. The Morgan fingerprint density at radius 3 is 2.45 bits per heavy atom. The maximum atomic E-state index is 11.9. The minimum absolute atomic E-state index is 0. The number of nitrogens with zero attached hydrogens (tertiary/aromatic N) is 4. The van der Waals surface area contributed by atoms with Crippen molar-refractivity contribution < 1.29 is 47.6 Å². The Balaban J connectivity index is 0.00000242. The third-order valence-corrected chi connectivity index (χ3v) is 4.48.